The highest BCUT2D eigenvalue weighted by Gasteiger charge is 2.17. The Morgan fingerprint density at radius 2 is 2.19 bits per heavy atom. The van der Waals surface area contributed by atoms with E-state index in [1.54, 1.807) is 0 Å². The molecule has 3 rings (SSSR count). The first-order valence-electron chi connectivity index (χ1n) is 8.31. The number of nitrogens with one attached hydrogen (secondary N) is 1. The van der Waals surface area contributed by atoms with Gasteiger partial charge in [-0.05, 0) is 18.6 Å². The molecular formula is C17H18ClFN6O2. The third-order valence-electron chi connectivity index (χ3n) is 3.92. The second-order valence-corrected chi connectivity index (χ2v) is 6.36. The predicted molar refractivity (Wildman–Crippen MR) is 101 cm³/mol. The van der Waals surface area contributed by atoms with E-state index in [-0.39, 0.29) is 17.3 Å². The number of hydrogen-bond acceptors (Lipinski definition) is 5. The van der Waals surface area contributed by atoms with Gasteiger partial charge in [-0.15, -0.1) is 5.10 Å². The molecule has 3 aromatic rings. The monoisotopic (exact) mass is 392 g/mol. The quantitative estimate of drug-likeness (QED) is 0.695. The van der Waals surface area contributed by atoms with Gasteiger partial charge in [0.1, 0.15) is 6.54 Å². The SMILES string of the molecule is CCCN(C)c1nccn2c(=O)n(CC(=O)Nc3cccc(Cl)c3F)nc12. The summed E-state index contributed by atoms with van der Waals surface area (Å²) in [6.07, 6.45) is 3.89. The number of anilines is 2. The third kappa shape index (κ3) is 3.77. The third-order valence-corrected chi connectivity index (χ3v) is 4.21. The fourth-order valence-corrected chi connectivity index (χ4v) is 2.85. The van der Waals surface area contributed by atoms with E-state index in [2.05, 4.69) is 15.4 Å². The Kier molecular flexibility index (Phi) is 5.41. The summed E-state index contributed by atoms with van der Waals surface area (Å²) in [7, 11) is 1.85. The molecule has 142 valence electrons. The number of fused-ring (bicyclic) bond motifs is 1. The molecular weight excluding hydrogens is 375 g/mol. The van der Waals surface area contributed by atoms with Crippen LogP contribution in [0.4, 0.5) is 15.9 Å². The molecule has 2 aromatic heterocycles. The molecule has 0 atom stereocenters. The maximum atomic E-state index is 13.9. The standard InChI is InChI=1S/C17H18ClFN6O2/c1-3-8-23(2)15-16-22-25(17(27)24(16)9-7-20-15)10-13(26)21-12-6-4-5-11(18)14(12)19/h4-7,9H,3,8,10H2,1-2H3,(H,21,26). The van der Waals surface area contributed by atoms with Crippen molar-refractivity contribution < 1.29 is 9.18 Å². The predicted octanol–water partition coefficient (Wildman–Crippen LogP) is 2.17. The normalized spacial score (nSPS) is 11.0. The number of amides is 1. The highest BCUT2D eigenvalue weighted by molar-refractivity contribution is 6.31. The number of halogens is 2. The Morgan fingerprint density at radius 1 is 1.41 bits per heavy atom. The zero-order chi connectivity index (χ0) is 19.6. The van der Waals surface area contributed by atoms with Gasteiger partial charge in [-0.2, -0.15) is 0 Å². The van der Waals surface area contributed by atoms with Crippen LogP contribution in [0, 0.1) is 5.82 Å². The summed E-state index contributed by atoms with van der Waals surface area (Å²) in [4.78, 5) is 30.9. The fraction of sp³-hybridized carbons (Fsp3) is 0.294. The van der Waals surface area contributed by atoms with Gasteiger partial charge < -0.3 is 10.2 Å². The first-order chi connectivity index (χ1) is 12.9. The van der Waals surface area contributed by atoms with Crippen molar-refractivity contribution in [3.8, 4) is 0 Å². The summed E-state index contributed by atoms with van der Waals surface area (Å²) in [5.41, 5.74) is -0.199. The lowest BCUT2D eigenvalue weighted by Crippen LogP contribution is -2.28. The van der Waals surface area contributed by atoms with Crippen molar-refractivity contribution in [2.45, 2.75) is 19.9 Å². The van der Waals surface area contributed by atoms with Gasteiger partial charge in [0.2, 0.25) is 11.6 Å². The molecule has 0 bridgehead atoms. The lowest BCUT2D eigenvalue weighted by atomic mass is 10.3. The van der Waals surface area contributed by atoms with Crippen molar-refractivity contribution in [2.24, 2.45) is 0 Å². The molecule has 0 radical (unpaired) electrons. The molecule has 0 aliphatic carbocycles. The molecule has 1 N–H and O–H groups in total. The van der Waals surface area contributed by atoms with Gasteiger partial charge in [0, 0.05) is 26.0 Å². The molecule has 8 nitrogen and oxygen atoms in total. The van der Waals surface area contributed by atoms with Crippen LogP contribution in [0.25, 0.3) is 5.65 Å². The largest absolute Gasteiger partial charge is 0.357 e. The minimum Gasteiger partial charge on any atom is -0.357 e. The molecule has 0 unspecified atom stereocenters. The number of aromatic nitrogens is 4. The van der Waals surface area contributed by atoms with Gasteiger partial charge in [-0.3, -0.25) is 4.79 Å². The summed E-state index contributed by atoms with van der Waals surface area (Å²) in [5, 5.41) is 6.51. The molecule has 1 aromatic carbocycles. The molecule has 0 saturated heterocycles. The Morgan fingerprint density at radius 3 is 2.93 bits per heavy atom. The average molecular weight is 393 g/mol. The number of carbonyl (C=O) groups is 1. The van der Waals surface area contributed by atoms with Crippen LogP contribution in [0.2, 0.25) is 5.02 Å². The van der Waals surface area contributed by atoms with E-state index in [9.17, 15) is 14.0 Å². The van der Waals surface area contributed by atoms with E-state index >= 15 is 0 Å². The van der Waals surface area contributed by atoms with Crippen LogP contribution in [-0.2, 0) is 11.3 Å². The number of benzene rings is 1. The zero-order valence-corrected chi connectivity index (χ0v) is 15.6. The smallest absolute Gasteiger partial charge is 0.350 e. The van der Waals surface area contributed by atoms with Crippen molar-refractivity contribution in [2.75, 3.05) is 23.8 Å². The maximum Gasteiger partial charge on any atom is 0.350 e. The highest BCUT2D eigenvalue weighted by atomic mass is 35.5. The maximum absolute atomic E-state index is 13.9. The van der Waals surface area contributed by atoms with Crippen molar-refractivity contribution in [1.82, 2.24) is 19.2 Å². The van der Waals surface area contributed by atoms with Gasteiger partial charge in [0.25, 0.3) is 0 Å². The molecule has 27 heavy (non-hydrogen) atoms. The van der Waals surface area contributed by atoms with E-state index in [4.69, 9.17) is 11.6 Å². The van der Waals surface area contributed by atoms with Crippen molar-refractivity contribution in [3.05, 3.63) is 51.9 Å². The molecule has 0 spiro atoms. The van der Waals surface area contributed by atoms with Gasteiger partial charge in [0.05, 0.1) is 10.7 Å². The topological polar surface area (TPSA) is 84.5 Å². The number of carbonyl (C=O) groups excluding carboxylic acids is 1. The van der Waals surface area contributed by atoms with E-state index in [0.29, 0.717) is 11.5 Å². The summed E-state index contributed by atoms with van der Waals surface area (Å²) in [5.74, 6) is -0.794. The summed E-state index contributed by atoms with van der Waals surface area (Å²) in [6.45, 7) is 2.40. The number of nitrogens with zero attached hydrogens (tertiary/aromatic N) is 5. The zero-order valence-electron chi connectivity index (χ0n) is 14.8. The van der Waals surface area contributed by atoms with Gasteiger partial charge in [-0.25, -0.2) is 23.3 Å². The van der Waals surface area contributed by atoms with Gasteiger partial charge >= 0.3 is 5.69 Å². The lowest BCUT2D eigenvalue weighted by molar-refractivity contribution is -0.117. The molecule has 2 heterocycles. The van der Waals surface area contributed by atoms with Crippen LogP contribution in [0.3, 0.4) is 0 Å². The highest BCUT2D eigenvalue weighted by Crippen LogP contribution is 2.22. The Bertz CT molecular complexity index is 1050. The van der Waals surface area contributed by atoms with Crippen LogP contribution >= 0.6 is 11.6 Å². The minimum absolute atomic E-state index is 0.0608. The molecule has 0 aliphatic rings. The molecule has 10 heteroatoms. The van der Waals surface area contributed by atoms with Crippen molar-refractivity contribution in [3.63, 3.8) is 0 Å². The van der Waals surface area contributed by atoms with Crippen LogP contribution in [-0.4, -0.2) is 38.7 Å². The molecule has 0 saturated carbocycles. The summed E-state index contributed by atoms with van der Waals surface area (Å²) >= 11 is 5.70. The summed E-state index contributed by atoms with van der Waals surface area (Å²) < 4.78 is 16.2. The van der Waals surface area contributed by atoms with E-state index < -0.39 is 17.4 Å². The number of hydrogen-bond donors (Lipinski definition) is 1. The van der Waals surface area contributed by atoms with Crippen LogP contribution < -0.4 is 15.9 Å². The second-order valence-electron chi connectivity index (χ2n) is 5.96. The van der Waals surface area contributed by atoms with Crippen LogP contribution in [0.1, 0.15) is 13.3 Å². The molecule has 0 fully saturated rings. The average Bonchev–Trinajstić information content (AvgIpc) is 2.95. The summed E-state index contributed by atoms with van der Waals surface area (Å²) in [6, 6.07) is 4.27. The lowest BCUT2D eigenvalue weighted by Gasteiger charge is -2.16. The second kappa shape index (κ2) is 7.75. The van der Waals surface area contributed by atoms with Crippen LogP contribution in [0.5, 0.6) is 0 Å². The van der Waals surface area contributed by atoms with E-state index in [0.717, 1.165) is 17.6 Å². The number of rotatable bonds is 6. The Labute approximate surface area is 159 Å². The Balaban J connectivity index is 1.88. The fourth-order valence-electron chi connectivity index (χ4n) is 2.68. The van der Waals surface area contributed by atoms with Crippen molar-refractivity contribution >= 4 is 34.7 Å². The first kappa shape index (κ1) is 18.8. The van der Waals surface area contributed by atoms with Crippen molar-refractivity contribution in [1.29, 1.82) is 0 Å². The Hall–Kier alpha value is -2.94. The first-order valence-corrected chi connectivity index (χ1v) is 8.69. The minimum atomic E-state index is -0.734. The van der Waals surface area contributed by atoms with Gasteiger partial charge in [-0.1, -0.05) is 24.6 Å². The van der Waals surface area contributed by atoms with E-state index in [1.807, 2.05) is 18.9 Å². The van der Waals surface area contributed by atoms with Crippen LogP contribution in [0.15, 0.2) is 35.4 Å². The molecule has 0 aliphatic heterocycles. The molecule has 1 amide bonds. The van der Waals surface area contributed by atoms with E-state index in [1.165, 1.54) is 35.0 Å². The van der Waals surface area contributed by atoms with Gasteiger partial charge in [0.15, 0.2) is 11.6 Å².